The van der Waals surface area contributed by atoms with E-state index in [1.165, 1.54) is 18.2 Å². The summed E-state index contributed by atoms with van der Waals surface area (Å²) >= 11 is 0. The molecule has 5 heteroatoms. The minimum absolute atomic E-state index is 0.0447. The van der Waals surface area contributed by atoms with Gasteiger partial charge in [-0.2, -0.15) is 0 Å². The molecule has 0 aliphatic carbocycles. The molecule has 3 N–H and O–H groups in total. The van der Waals surface area contributed by atoms with Gasteiger partial charge in [-0.25, -0.2) is 4.39 Å². The summed E-state index contributed by atoms with van der Waals surface area (Å²) in [6.45, 7) is 3.72. The van der Waals surface area contributed by atoms with Crippen molar-refractivity contribution in [3.63, 3.8) is 0 Å². The Morgan fingerprint density at radius 2 is 2.17 bits per heavy atom. The molecule has 1 aromatic rings. The van der Waals surface area contributed by atoms with Crippen LogP contribution in [-0.2, 0) is 4.79 Å². The predicted molar refractivity (Wildman–Crippen MR) is 68.8 cm³/mol. The SMILES string of the molecule is CC(O)CC(C)NCC(=O)Nc1cccc(F)c1. The molecule has 0 fully saturated rings. The Bertz CT molecular complexity index is 396. The molecule has 2 atom stereocenters. The minimum Gasteiger partial charge on any atom is -0.393 e. The van der Waals surface area contributed by atoms with E-state index < -0.39 is 6.10 Å². The predicted octanol–water partition coefficient (Wildman–Crippen LogP) is 1.51. The number of aliphatic hydroxyl groups excluding tert-OH is 1. The summed E-state index contributed by atoms with van der Waals surface area (Å²) in [5.74, 6) is -0.624. The van der Waals surface area contributed by atoms with Gasteiger partial charge >= 0.3 is 0 Å². The smallest absolute Gasteiger partial charge is 0.238 e. The van der Waals surface area contributed by atoms with Crippen LogP contribution >= 0.6 is 0 Å². The molecular weight excluding hydrogens is 235 g/mol. The first kappa shape index (κ1) is 14.6. The second kappa shape index (κ2) is 7.08. The Hall–Kier alpha value is -1.46. The zero-order chi connectivity index (χ0) is 13.5. The molecule has 0 aliphatic rings. The summed E-state index contributed by atoms with van der Waals surface area (Å²) in [6, 6.07) is 5.79. The molecule has 0 aromatic heterocycles. The van der Waals surface area contributed by atoms with Gasteiger partial charge in [-0.15, -0.1) is 0 Å². The van der Waals surface area contributed by atoms with Crippen LogP contribution in [0.1, 0.15) is 20.3 Å². The van der Waals surface area contributed by atoms with Gasteiger partial charge in [0.1, 0.15) is 5.82 Å². The summed E-state index contributed by atoms with van der Waals surface area (Å²) in [4.78, 5) is 11.6. The molecule has 1 rings (SSSR count). The molecule has 0 bridgehead atoms. The summed E-state index contributed by atoms with van der Waals surface area (Å²) in [5.41, 5.74) is 0.435. The molecule has 0 saturated heterocycles. The van der Waals surface area contributed by atoms with Gasteiger partial charge in [0.05, 0.1) is 12.6 Å². The highest BCUT2D eigenvalue weighted by Gasteiger charge is 2.08. The van der Waals surface area contributed by atoms with Crippen molar-refractivity contribution in [1.82, 2.24) is 5.32 Å². The number of amides is 1. The number of nitrogens with one attached hydrogen (secondary N) is 2. The average molecular weight is 254 g/mol. The van der Waals surface area contributed by atoms with Crippen molar-refractivity contribution in [3.8, 4) is 0 Å². The number of rotatable bonds is 6. The van der Waals surface area contributed by atoms with Gasteiger partial charge in [0.25, 0.3) is 0 Å². The molecule has 100 valence electrons. The standard InChI is InChI=1S/C13H19FN2O2/c1-9(6-10(2)17)15-8-13(18)16-12-5-3-4-11(14)7-12/h3-5,7,9-10,15,17H,6,8H2,1-2H3,(H,16,18). The third kappa shape index (κ3) is 5.75. The summed E-state index contributed by atoms with van der Waals surface area (Å²) in [6.07, 6.45) is 0.173. The van der Waals surface area contributed by atoms with Crippen LogP contribution in [0.5, 0.6) is 0 Å². The zero-order valence-corrected chi connectivity index (χ0v) is 10.6. The molecule has 0 saturated carbocycles. The van der Waals surface area contributed by atoms with Gasteiger partial charge in [0.15, 0.2) is 0 Å². The van der Waals surface area contributed by atoms with Crippen LogP contribution in [0.2, 0.25) is 0 Å². The lowest BCUT2D eigenvalue weighted by Gasteiger charge is -2.15. The Morgan fingerprint density at radius 3 is 2.78 bits per heavy atom. The fourth-order valence-electron chi connectivity index (χ4n) is 1.63. The van der Waals surface area contributed by atoms with Crippen LogP contribution in [0.3, 0.4) is 0 Å². The lowest BCUT2D eigenvalue weighted by Crippen LogP contribution is -2.36. The van der Waals surface area contributed by atoms with E-state index in [1.807, 2.05) is 6.92 Å². The van der Waals surface area contributed by atoms with Gasteiger partial charge in [0, 0.05) is 11.7 Å². The van der Waals surface area contributed by atoms with Crippen LogP contribution in [0.15, 0.2) is 24.3 Å². The van der Waals surface area contributed by atoms with Gasteiger partial charge in [-0.05, 0) is 38.5 Å². The molecule has 0 heterocycles. The second-order valence-electron chi connectivity index (χ2n) is 4.43. The molecule has 1 amide bonds. The number of benzene rings is 1. The van der Waals surface area contributed by atoms with Crippen LogP contribution in [0.25, 0.3) is 0 Å². The number of carbonyl (C=O) groups is 1. The average Bonchev–Trinajstić information content (AvgIpc) is 2.25. The molecule has 0 aliphatic heterocycles. The molecule has 0 spiro atoms. The summed E-state index contributed by atoms with van der Waals surface area (Å²) < 4.78 is 12.9. The monoisotopic (exact) mass is 254 g/mol. The van der Waals surface area contributed by atoms with Gasteiger partial charge in [-0.1, -0.05) is 6.07 Å². The Balaban J connectivity index is 2.34. The number of aliphatic hydroxyl groups is 1. The molecule has 4 nitrogen and oxygen atoms in total. The molecule has 0 radical (unpaired) electrons. The number of halogens is 1. The Labute approximate surface area is 106 Å². The third-order valence-corrected chi connectivity index (χ3v) is 2.41. The van der Waals surface area contributed by atoms with Crippen molar-refractivity contribution in [2.24, 2.45) is 0 Å². The largest absolute Gasteiger partial charge is 0.393 e. The van der Waals surface area contributed by atoms with Crippen molar-refractivity contribution in [2.75, 3.05) is 11.9 Å². The fraction of sp³-hybridized carbons (Fsp3) is 0.462. The molecule has 1 aromatic carbocycles. The number of carbonyl (C=O) groups excluding carboxylic acids is 1. The van der Waals surface area contributed by atoms with E-state index in [4.69, 9.17) is 0 Å². The fourth-order valence-corrected chi connectivity index (χ4v) is 1.63. The van der Waals surface area contributed by atoms with E-state index in [0.29, 0.717) is 12.1 Å². The first-order valence-electron chi connectivity index (χ1n) is 5.94. The van der Waals surface area contributed by atoms with Crippen molar-refractivity contribution >= 4 is 11.6 Å². The first-order chi connectivity index (χ1) is 8.47. The van der Waals surface area contributed by atoms with E-state index in [9.17, 15) is 14.3 Å². The Kier molecular flexibility index (Phi) is 5.74. The number of hydrogen-bond donors (Lipinski definition) is 3. The van der Waals surface area contributed by atoms with E-state index in [0.717, 1.165) is 0 Å². The lowest BCUT2D eigenvalue weighted by molar-refractivity contribution is -0.115. The van der Waals surface area contributed by atoms with Crippen molar-refractivity contribution in [3.05, 3.63) is 30.1 Å². The van der Waals surface area contributed by atoms with Crippen molar-refractivity contribution < 1.29 is 14.3 Å². The van der Waals surface area contributed by atoms with Crippen LogP contribution in [0.4, 0.5) is 10.1 Å². The molecule has 2 unspecified atom stereocenters. The minimum atomic E-state index is -0.404. The molecule has 18 heavy (non-hydrogen) atoms. The maximum atomic E-state index is 12.9. The van der Waals surface area contributed by atoms with Crippen LogP contribution in [0, 0.1) is 5.82 Å². The van der Waals surface area contributed by atoms with Gasteiger partial charge < -0.3 is 15.7 Å². The third-order valence-electron chi connectivity index (χ3n) is 2.41. The molecular formula is C13H19FN2O2. The Morgan fingerprint density at radius 1 is 1.44 bits per heavy atom. The summed E-state index contributed by atoms with van der Waals surface area (Å²) in [5, 5.41) is 14.7. The van der Waals surface area contributed by atoms with Crippen molar-refractivity contribution in [2.45, 2.75) is 32.4 Å². The van der Waals surface area contributed by atoms with E-state index in [2.05, 4.69) is 10.6 Å². The van der Waals surface area contributed by atoms with Gasteiger partial charge in [0.2, 0.25) is 5.91 Å². The highest BCUT2D eigenvalue weighted by Crippen LogP contribution is 2.08. The van der Waals surface area contributed by atoms with Gasteiger partial charge in [-0.3, -0.25) is 4.79 Å². The summed E-state index contributed by atoms with van der Waals surface area (Å²) in [7, 11) is 0. The maximum absolute atomic E-state index is 12.9. The highest BCUT2D eigenvalue weighted by molar-refractivity contribution is 5.92. The first-order valence-corrected chi connectivity index (χ1v) is 5.94. The normalized spacial score (nSPS) is 14.0. The van der Waals surface area contributed by atoms with E-state index in [1.54, 1.807) is 13.0 Å². The maximum Gasteiger partial charge on any atom is 0.238 e. The van der Waals surface area contributed by atoms with E-state index >= 15 is 0 Å². The second-order valence-corrected chi connectivity index (χ2v) is 4.43. The van der Waals surface area contributed by atoms with E-state index in [-0.39, 0.29) is 24.3 Å². The van der Waals surface area contributed by atoms with Crippen molar-refractivity contribution in [1.29, 1.82) is 0 Å². The zero-order valence-electron chi connectivity index (χ0n) is 10.6. The topological polar surface area (TPSA) is 61.4 Å². The number of hydrogen-bond acceptors (Lipinski definition) is 3. The quantitative estimate of drug-likeness (QED) is 0.721. The van der Waals surface area contributed by atoms with Crippen LogP contribution in [-0.4, -0.2) is 29.7 Å². The lowest BCUT2D eigenvalue weighted by atomic mass is 10.1. The van der Waals surface area contributed by atoms with Crippen LogP contribution < -0.4 is 10.6 Å². The number of anilines is 1. The highest BCUT2D eigenvalue weighted by atomic mass is 19.1.